The van der Waals surface area contributed by atoms with Gasteiger partial charge in [-0.3, -0.25) is 9.59 Å². The number of benzene rings is 1. The summed E-state index contributed by atoms with van der Waals surface area (Å²) in [7, 11) is 0. The minimum atomic E-state index is -1.38. The van der Waals surface area contributed by atoms with E-state index >= 15 is 8.78 Å². The third kappa shape index (κ3) is 4.48. The molecule has 3 N–H and O–H groups in total. The van der Waals surface area contributed by atoms with Crippen molar-refractivity contribution in [2.75, 3.05) is 0 Å². The molecular formula is C24H30ClF3N2O3. The van der Waals surface area contributed by atoms with E-state index in [0.29, 0.717) is 12.8 Å². The van der Waals surface area contributed by atoms with Crippen LogP contribution in [0.25, 0.3) is 0 Å². The van der Waals surface area contributed by atoms with Gasteiger partial charge in [0.05, 0.1) is 23.2 Å². The zero-order valence-electron chi connectivity index (χ0n) is 18.8. The molecule has 2 bridgehead atoms. The molecule has 4 rings (SSSR count). The molecule has 0 heterocycles. The van der Waals surface area contributed by atoms with Gasteiger partial charge in [-0.1, -0.05) is 25.4 Å². The van der Waals surface area contributed by atoms with Crippen molar-refractivity contribution < 1.29 is 27.9 Å². The van der Waals surface area contributed by atoms with E-state index in [2.05, 4.69) is 10.6 Å². The number of carbonyl (C=O) groups is 2. The number of aliphatic hydroxyl groups is 1. The van der Waals surface area contributed by atoms with E-state index < -0.39 is 52.7 Å². The molecule has 0 spiro atoms. The smallest absolute Gasteiger partial charge is 0.223 e. The van der Waals surface area contributed by atoms with Gasteiger partial charge in [0.15, 0.2) is 0 Å². The molecule has 2 amide bonds. The fourth-order valence-corrected chi connectivity index (χ4v) is 6.07. The summed E-state index contributed by atoms with van der Waals surface area (Å²) in [6, 6.07) is 0.512. The van der Waals surface area contributed by atoms with Gasteiger partial charge in [-0.05, 0) is 62.5 Å². The highest BCUT2D eigenvalue weighted by molar-refractivity contribution is 6.30. The summed E-state index contributed by atoms with van der Waals surface area (Å²) >= 11 is 5.94. The third-order valence-electron chi connectivity index (χ3n) is 7.83. The SMILES string of the molecule is CC(C)C(=O)NC1C[C@@H](C(=O)NC(c2c(F)ccc(Cl)c2F)C23CCC(F)(CC2)C3)CC1O. The Bertz CT molecular complexity index is 949. The summed E-state index contributed by atoms with van der Waals surface area (Å²) in [5.74, 6) is -3.41. The van der Waals surface area contributed by atoms with E-state index in [4.69, 9.17) is 11.6 Å². The molecule has 182 valence electrons. The van der Waals surface area contributed by atoms with E-state index in [9.17, 15) is 19.1 Å². The lowest BCUT2D eigenvalue weighted by Crippen LogP contribution is -2.43. The summed E-state index contributed by atoms with van der Waals surface area (Å²) in [6.07, 6.45) is 0.914. The quantitative estimate of drug-likeness (QED) is 0.523. The number of carbonyl (C=O) groups excluding carboxylic acids is 2. The van der Waals surface area contributed by atoms with Gasteiger partial charge in [-0.25, -0.2) is 13.2 Å². The van der Waals surface area contributed by atoms with Crippen molar-refractivity contribution in [3.05, 3.63) is 34.4 Å². The van der Waals surface area contributed by atoms with Crippen LogP contribution in [0.5, 0.6) is 0 Å². The van der Waals surface area contributed by atoms with E-state index in [0.717, 1.165) is 12.1 Å². The molecule has 3 aliphatic rings. The minimum absolute atomic E-state index is 0.113. The van der Waals surface area contributed by atoms with Gasteiger partial charge in [-0.15, -0.1) is 0 Å². The number of hydrogen-bond acceptors (Lipinski definition) is 3. The number of amides is 2. The predicted molar refractivity (Wildman–Crippen MR) is 117 cm³/mol. The van der Waals surface area contributed by atoms with Gasteiger partial charge in [-0.2, -0.15) is 0 Å². The molecular weight excluding hydrogens is 457 g/mol. The average Bonchev–Trinajstić information content (AvgIpc) is 3.41. The maximum absolute atomic E-state index is 15.0. The van der Waals surface area contributed by atoms with Gasteiger partial charge in [0.1, 0.15) is 17.3 Å². The lowest BCUT2D eigenvalue weighted by Gasteiger charge is -2.37. The Morgan fingerprint density at radius 3 is 2.39 bits per heavy atom. The molecule has 3 saturated carbocycles. The van der Waals surface area contributed by atoms with E-state index in [1.165, 1.54) is 0 Å². The number of rotatable bonds is 6. The number of hydrogen-bond donors (Lipinski definition) is 3. The van der Waals surface area contributed by atoms with Gasteiger partial charge < -0.3 is 15.7 Å². The summed E-state index contributed by atoms with van der Waals surface area (Å²) in [4.78, 5) is 25.3. The van der Waals surface area contributed by atoms with Crippen molar-refractivity contribution in [3.63, 3.8) is 0 Å². The van der Waals surface area contributed by atoms with Crippen LogP contribution in [-0.4, -0.2) is 34.7 Å². The van der Waals surface area contributed by atoms with Crippen molar-refractivity contribution in [1.29, 1.82) is 0 Å². The summed E-state index contributed by atoms with van der Waals surface area (Å²) < 4.78 is 44.9. The maximum atomic E-state index is 15.0. The molecule has 9 heteroatoms. The Morgan fingerprint density at radius 1 is 1.15 bits per heavy atom. The first-order chi connectivity index (χ1) is 15.4. The predicted octanol–water partition coefficient (Wildman–Crippen LogP) is 4.36. The number of halogens is 4. The fourth-order valence-electron chi connectivity index (χ4n) is 5.90. The van der Waals surface area contributed by atoms with Crippen LogP contribution in [0, 0.1) is 28.9 Å². The number of fused-ring (bicyclic) bond motifs is 2. The van der Waals surface area contributed by atoms with Crippen LogP contribution in [0.15, 0.2) is 12.1 Å². The standard InChI is InChI=1S/C24H30ClF3N2O3/c1-12(2)21(32)29-16-9-13(10-17(16)31)22(33)30-20(18-15(26)4-3-14(25)19(18)27)23-5-7-24(28,11-23)8-6-23/h3-4,12-13,16-17,20,31H,5-11H2,1-2H3,(H,29,32)(H,30,33)/t13-,16?,17?,20?,23?,24?/m1/s1. The van der Waals surface area contributed by atoms with Gasteiger partial charge in [0.2, 0.25) is 11.8 Å². The molecule has 0 radical (unpaired) electrons. The second kappa shape index (κ2) is 8.77. The summed E-state index contributed by atoms with van der Waals surface area (Å²) in [5, 5.41) is 15.7. The molecule has 0 aliphatic heterocycles. The Balaban J connectivity index is 1.59. The summed E-state index contributed by atoms with van der Waals surface area (Å²) in [6.45, 7) is 3.46. The van der Waals surface area contributed by atoms with Crippen LogP contribution >= 0.6 is 11.6 Å². The van der Waals surface area contributed by atoms with Crippen LogP contribution in [-0.2, 0) is 9.59 Å². The van der Waals surface area contributed by atoms with Crippen molar-refractivity contribution >= 4 is 23.4 Å². The molecule has 3 aliphatic carbocycles. The van der Waals surface area contributed by atoms with E-state index in [-0.39, 0.29) is 54.5 Å². The van der Waals surface area contributed by atoms with Crippen molar-refractivity contribution in [2.45, 2.75) is 82.6 Å². The largest absolute Gasteiger partial charge is 0.391 e. The van der Waals surface area contributed by atoms with Crippen molar-refractivity contribution in [3.8, 4) is 0 Å². The molecule has 1 aromatic carbocycles. The topological polar surface area (TPSA) is 78.4 Å². The highest BCUT2D eigenvalue weighted by Gasteiger charge is 2.59. The normalized spacial score (nSPS) is 34.0. The first-order valence-electron chi connectivity index (χ1n) is 11.6. The zero-order valence-corrected chi connectivity index (χ0v) is 19.5. The van der Waals surface area contributed by atoms with Crippen LogP contribution in [0.3, 0.4) is 0 Å². The van der Waals surface area contributed by atoms with Gasteiger partial charge >= 0.3 is 0 Å². The molecule has 0 saturated heterocycles. The van der Waals surface area contributed by atoms with Crippen LogP contribution in [0.2, 0.25) is 5.02 Å². The molecule has 1 aromatic rings. The van der Waals surface area contributed by atoms with Crippen LogP contribution in [0.4, 0.5) is 13.2 Å². The molecule has 0 aromatic heterocycles. The molecule has 3 unspecified atom stereocenters. The van der Waals surface area contributed by atoms with Crippen molar-refractivity contribution in [1.82, 2.24) is 10.6 Å². The average molecular weight is 487 g/mol. The highest BCUT2D eigenvalue weighted by atomic mass is 35.5. The van der Waals surface area contributed by atoms with Crippen molar-refractivity contribution in [2.24, 2.45) is 17.3 Å². The first-order valence-corrected chi connectivity index (χ1v) is 11.9. The van der Waals surface area contributed by atoms with E-state index in [1.54, 1.807) is 13.8 Å². The zero-order chi connectivity index (χ0) is 24.1. The Hall–Kier alpha value is -1.80. The van der Waals surface area contributed by atoms with Crippen LogP contribution in [0.1, 0.15) is 70.4 Å². The monoisotopic (exact) mass is 486 g/mol. The number of nitrogens with one attached hydrogen (secondary N) is 2. The number of aliphatic hydroxyl groups excluding tert-OH is 1. The Morgan fingerprint density at radius 2 is 1.82 bits per heavy atom. The lowest BCUT2D eigenvalue weighted by molar-refractivity contribution is -0.127. The number of alkyl halides is 1. The van der Waals surface area contributed by atoms with Crippen LogP contribution < -0.4 is 10.6 Å². The lowest BCUT2D eigenvalue weighted by atomic mass is 9.74. The molecule has 4 atom stereocenters. The molecule has 33 heavy (non-hydrogen) atoms. The Kier molecular flexibility index (Phi) is 6.46. The third-order valence-corrected chi connectivity index (χ3v) is 8.12. The summed E-state index contributed by atoms with van der Waals surface area (Å²) in [5.41, 5.74) is -2.53. The van der Waals surface area contributed by atoms with Gasteiger partial charge in [0, 0.05) is 17.4 Å². The minimum Gasteiger partial charge on any atom is -0.391 e. The maximum Gasteiger partial charge on any atom is 0.223 e. The Labute approximate surface area is 196 Å². The van der Waals surface area contributed by atoms with Gasteiger partial charge in [0.25, 0.3) is 0 Å². The fraction of sp³-hybridized carbons (Fsp3) is 0.667. The molecule has 3 fully saturated rings. The highest BCUT2D eigenvalue weighted by Crippen LogP contribution is 2.63. The van der Waals surface area contributed by atoms with E-state index in [1.807, 2.05) is 0 Å². The second-order valence-electron chi connectivity index (χ2n) is 10.4. The molecule has 5 nitrogen and oxygen atoms in total. The first kappa shape index (κ1) is 24.3. The second-order valence-corrected chi connectivity index (χ2v) is 10.8.